The van der Waals surface area contributed by atoms with Crippen molar-refractivity contribution in [3.05, 3.63) is 201 Å². The maximum atomic E-state index is 5.17. The zero-order valence-electron chi connectivity index (χ0n) is 32.3. The van der Waals surface area contributed by atoms with Crippen molar-refractivity contribution in [3.8, 4) is 0 Å². The molecule has 0 N–H and O–H groups in total. The molecule has 0 unspecified atom stereocenters. The van der Waals surface area contributed by atoms with Crippen molar-refractivity contribution in [2.24, 2.45) is 0 Å². The summed E-state index contributed by atoms with van der Waals surface area (Å²) in [6, 6.07) is 65.4. The molecule has 6 heterocycles. The smallest absolute Gasteiger partial charge is 0.256 e. The molecule has 0 amide bonds. The van der Waals surface area contributed by atoms with Crippen LogP contribution in [0.25, 0.3) is 0 Å². The van der Waals surface area contributed by atoms with Crippen LogP contribution in [0.2, 0.25) is 0 Å². The number of hydrogen-bond donors (Lipinski definition) is 0. The van der Waals surface area contributed by atoms with Crippen molar-refractivity contribution < 1.29 is 0 Å². The summed E-state index contributed by atoms with van der Waals surface area (Å²) < 4.78 is 0. The van der Waals surface area contributed by atoms with E-state index in [4.69, 9.17) is 15.0 Å². The fraction of sp³-hybridized carbons (Fsp3) is 0. The predicted molar refractivity (Wildman–Crippen MR) is 248 cm³/mol. The van der Waals surface area contributed by atoms with E-state index in [0.717, 1.165) is 68.3 Å². The van der Waals surface area contributed by atoms with Crippen LogP contribution in [0.15, 0.2) is 201 Å². The molecule has 0 spiro atoms. The molecule has 7 nitrogen and oxygen atoms in total. The SMILES string of the molecule is c1ccc(N2c3ccncc3B3c4cc5c(cc4N(c4ccccc4)c4cccc2c43)N(c2ccccc2)c2ncnc3c2B5c2ccccc2N3c2ccccc2)cc1. The summed E-state index contributed by atoms with van der Waals surface area (Å²) in [7, 11) is 0. The third-order valence-electron chi connectivity index (χ3n) is 12.6. The molecule has 0 bridgehead atoms. The molecular weight excluding hydrogens is 732 g/mol. The molecule has 4 aliphatic heterocycles. The molecule has 0 atom stereocenters. The molecule has 4 aliphatic rings. The van der Waals surface area contributed by atoms with Crippen LogP contribution >= 0.6 is 0 Å². The van der Waals surface area contributed by atoms with Gasteiger partial charge in [0, 0.05) is 74.7 Å². The monoisotopic (exact) mass is 765 g/mol. The Morgan fingerprint density at radius 3 is 1.38 bits per heavy atom. The van der Waals surface area contributed by atoms with Crippen LogP contribution in [0, 0.1) is 0 Å². The Morgan fingerprint density at radius 1 is 0.333 bits per heavy atom. The summed E-state index contributed by atoms with van der Waals surface area (Å²) in [5, 5.41) is 0. The van der Waals surface area contributed by atoms with Gasteiger partial charge in [0.25, 0.3) is 13.4 Å². The van der Waals surface area contributed by atoms with Crippen LogP contribution in [-0.2, 0) is 0 Å². The van der Waals surface area contributed by atoms with Gasteiger partial charge in [0.05, 0.1) is 0 Å². The van der Waals surface area contributed by atoms with Crippen molar-refractivity contribution in [1.82, 2.24) is 15.0 Å². The summed E-state index contributed by atoms with van der Waals surface area (Å²) in [4.78, 5) is 24.6. The minimum absolute atomic E-state index is 0.0853. The Balaban J connectivity index is 1.14. The van der Waals surface area contributed by atoms with Gasteiger partial charge in [0.15, 0.2) is 0 Å². The normalized spacial score (nSPS) is 13.8. The highest BCUT2D eigenvalue weighted by atomic mass is 15.3. The number of anilines is 12. The van der Waals surface area contributed by atoms with E-state index in [1.54, 1.807) is 6.33 Å². The van der Waals surface area contributed by atoms with Gasteiger partial charge in [-0.15, -0.1) is 0 Å². The van der Waals surface area contributed by atoms with Crippen molar-refractivity contribution in [1.29, 1.82) is 0 Å². The van der Waals surface area contributed by atoms with Crippen LogP contribution < -0.4 is 52.4 Å². The summed E-state index contributed by atoms with van der Waals surface area (Å²) in [6.07, 6.45) is 5.74. The Hall–Kier alpha value is -7.90. The topological polar surface area (TPSA) is 51.6 Å². The molecule has 2 aromatic heterocycles. The first-order chi connectivity index (χ1) is 29.8. The van der Waals surface area contributed by atoms with E-state index < -0.39 is 0 Å². The Kier molecular flexibility index (Phi) is 7.06. The number of para-hydroxylation sites is 5. The van der Waals surface area contributed by atoms with E-state index in [1.165, 1.54) is 33.0 Å². The van der Waals surface area contributed by atoms with Crippen LogP contribution in [0.4, 0.5) is 68.5 Å². The lowest BCUT2D eigenvalue weighted by Crippen LogP contribution is -2.65. The van der Waals surface area contributed by atoms with E-state index in [0.29, 0.717) is 0 Å². The lowest BCUT2D eigenvalue weighted by Gasteiger charge is -2.46. The molecule has 0 aliphatic carbocycles. The molecule has 0 saturated carbocycles. The summed E-state index contributed by atoms with van der Waals surface area (Å²) in [5.41, 5.74) is 18.3. The maximum Gasteiger partial charge on any atom is 0.256 e. The Morgan fingerprint density at radius 2 is 0.783 bits per heavy atom. The number of nitrogens with zero attached hydrogens (tertiary/aromatic N) is 7. The number of hydrogen-bond acceptors (Lipinski definition) is 7. The molecule has 7 aromatic carbocycles. The fourth-order valence-corrected chi connectivity index (χ4v) is 10.3. The van der Waals surface area contributed by atoms with Crippen LogP contribution in [0.1, 0.15) is 0 Å². The molecule has 9 heteroatoms. The fourth-order valence-electron chi connectivity index (χ4n) is 10.3. The van der Waals surface area contributed by atoms with E-state index in [-0.39, 0.29) is 13.4 Å². The number of benzene rings is 7. The molecule has 13 rings (SSSR count). The summed E-state index contributed by atoms with van der Waals surface area (Å²) in [5.74, 6) is 1.78. The zero-order chi connectivity index (χ0) is 39.3. The summed E-state index contributed by atoms with van der Waals surface area (Å²) >= 11 is 0. The molecule has 9 aromatic rings. The van der Waals surface area contributed by atoms with Crippen molar-refractivity contribution in [2.45, 2.75) is 0 Å². The number of aromatic nitrogens is 3. The second-order valence-corrected chi connectivity index (χ2v) is 15.7. The quantitative estimate of drug-likeness (QED) is 0.168. The van der Waals surface area contributed by atoms with E-state index >= 15 is 0 Å². The van der Waals surface area contributed by atoms with E-state index in [9.17, 15) is 0 Å². The lowest BCUT2D eigenvalue weighted by molar-refractivity contribution is 1.09. The first-order valence-electron chi connectivity index (χ1n) is 20.4. The Bertz CT molecular complexity index is 2940. The van der Waals surface area contributed by atoms with Crippen LogP contribution in [0.3, 0.4) is 0 Å². The molecular formula is C51H33B2N7. The molecule has 60 heavy (non-hydrogen) atoms. The third kappa shape index (κ3) is 4.60. The summed E-state index contributed by atoms with van der Waals surface area (Å²) in [6.45, 7) is -0.218. The minimum Gasteiger partial charge on any atom is -0.311 e. The third-order valence-corrected chi connectivity index (χ3v) is 12.6. The second kappa shape index (κ2) is 12.8. The average molecular weight is 765 g/mol. The van der Waals surface area contributed by atoms with Gasteiger partial charge in [0.2, 0.25) is 0 Å². The van der Waals surface area contributed by atoms with Gasteiger partial charge in [0.1, 0.15) is 18.0 Å². The van der Waals surface area contributed by atoms with Crippen molar-refractivity contribution >= 4 is 115 Å². The number of rotatable bonds is 4. The van der Waals surface area contributed by atoms with Gasteiger partial charge < -0.3 is 9.80 Å². The molecule has 278 valence electrons. The highest BCUT2D eigenvalue weighted by molar-refractivity contribution is 7.03. The highest BCUT2D eigenvalue weighted by Crippen LogP contribution is 2.47. The second-order valence-electron chi connectivity index (χ2n) is 15.7. The standard InChI is InChI=1S/C51H33B2N7/c1-5-16-34(17-6-1)57-43-28-29-54-32-41(43)53-39-30-40-47(31-46(39)58(35-18-7-2-8-19-35)45-27-15-26-44(57)48(45)53)60(37-22-11-4-12-23-37)51-49-50(55-33-56-51)59(36-20-9-3-10-21-36)42-25-14-13-24-38(42)52(40)49/h1-33H. The zero-order valence-corrected chi connectivity index (χ0v) is 32.3. The largest absolute Gasteiger partial charge is 0.311 e. The van der Waals surface area contributed by atoms with Gasteiger partial charge in [-0.1, -0.05) is 103 Å². The van der Waals surface area contributed by atoms with Crippen LogP contribution in [-0.4, -0.2) is 28.4 Å². The number of pyridine rings is 1. The van der Waals surface area contributed by atoms with Crippen molar-refractivity contribution in [3.63, 3.8) is 0 Å². The average Bonchev–Trinajstić information content (AvgIpc) is 3.32. The van der Waals surface area contributed by atoms with Gasteiger partial charge in [-0.05, 0) is 106 Å². The molecule has 0 radical (unpaired) electrons. The first-order valence-corrected chi connectivity index (χ1v) is 20.4. The first kappa shape index (κ1) is 33.1. The predicted octanol–water partition coefficient (Wildman–Crippen LogP) is 8.04. The van der Waals surface area contributed by atoms with Crippen LogP contribution in [0.5, 0.6) is 0 Å². The van der Waals surface area contributed by atoms with Gasteiger partial charge in [-0.3, -0.25) is 14.8 Å². The Labute approximate surface area is 348 Å². The lowest BCUT2D eigenvalue weighted by atomic mass is 9.30. The van der Waals surface area contributed by atoms with Crippen molar-refractivity contribution in [2.75, 3.05) is 19.6 Å². The number of fused-ring (bicyclic) bond motifs is 8. The van der Waals surface area contributed by atoms with Gasteiger partial charge in [-0.25, -0.2) is 9.97 Å². The van der Waals surface area contributed by atoms with Gasteiger partial charge >= 0.3 is 0 Å². The minimum atomic E-state index is -0.132. The van der Waals surface area contributed by atoms with E-state index in [2.05, 4.69) is 208 Å². The van der Waals surface area contributed by atoms with E-state index in [1.807, 2.05) is 6.20 Å². The molecule has 0 saturated heterocycles. The van der Waals surface area contributed by atoms with Gasteiger partial charge in [-0.2, -0.15) is 0 Å². The maximum absolute atomic E-state index is 5.17. The highest BCUT2D eigenvalue weighted by Gasteiger charge is 2.48. The molecule has 0 fully saturated rings.